The molecule has 0 spiro atoms. The number of nitrogen functional groups attached to an aromatic ring is 1. The first-order valence-corrected chi connectivity index (χ1v) is 6.71. The van der Waals surface area contributed by atoms with Crippen molar-refractivity contribution in [3.8, 4) is 0 Å². The first-order chi connectivity index (χ1) is 9.72. The summed E-state index contributed by atoms with van der Waals surface area (Å²) in [6.07, 6.45) is 4.35. The summed E-state index contributed by atoms with van der Waals surface area (Å²) in [6.45, 7) is 4.60. The second kappa shape index (κ2) is 6.86. The lowest BCUT2D eigenvalue weighted by Crippen LogP contribution is -2.04. The topological polar surface area (TPSA) is 74.2 Å². The lowest BCUT2D eigenvalue weighted by Gasteiger charge is -2.09. The van der Waals surface area contributed by atoms with Crippen LogP contribution in [0.1, 0.15) is 43.7 Å². The molecule has 106 valence electrons. The summed E-state index contributed by atoms with van der Waals surface area (Å²) in [5.41, 5.74) is 7.43. The molecule has 1 unspecified atom stereocenters. The number of anilines is 1. The van der Waals surface area contributed by atoms with Gasteiger partial charge in [0.25, 0.3) is 5.89 Å². The van der Waals surface area contributed by atoms with Gasteiger partial charge in [-0.05, 0) is 37.1 Å². The zero-order valence-corrected chi connectivity index (χ0v) is 11.7. The Hall–Kier alpha value is -2.14. The minimum atomic E-state index is -0.113. The first kappa shape index (κ1) is 14.3. The number of hydrogen-bond donors (Lipinski definition) is 1. The van der Waals surface area contributed by atoms with Crippen LogP contribution in [0.15, 0.2) is 28.8 Å². The molecule has 0 radical (unpaired) electrons. The van der Waals surface area contributed by atoms with Crippen molar-refractivity contribution >= 4 is 17.8 Å². The van der Waals surface area contributed by atoms with Crippen molar-refractivity contribution in [1.82, 2.24) is 10.1 Å². The van der Waals surface area contributed by atoms with E-state index in [1.165, 1.54) is 0 Å². The zero-order valence-electron chi connectivity index (χ0n) is 11.7. The molecule has 0 aliphatic rings. The smallest absolute Gasteiger partial charge is 0.250 e. The Morgan fingerprint density at radius 1 is 1.35 bits per heavy atom. The predicted molar refractivity (Wildman–Crippen MR) is 78.7 cm³/mol. The lowest BCUT2D eigenvalue weighted by atomic mass is 10.2. The summed E-state index contributed by atoms with van der Waals surface area (Å²) in [4.78, 5) is 4.32. The van der Waals surface area contributed by atoms with Crippen LogP contribution in [0.3, 0.4) is 0 Å². The number of ether oxygens (including phenoxy) is 1. The molecule has 20 heavy (non-hydrogen) atoms. The summed E-state index contributed by atoms with van der Waals surface area (Å²) in [6, 6.07) is 7.58. The number of benzene rings is 1. The highest BCUT2D eigenvalue weighted by Crippen LogP contribution is 2.18. The van der Waals surface area contributed by atoms with Crippen LogP contribution in [0.4, 0.5) is 5.69 Å². The average molecular weight is 273 g/mol. The molecule has 0 fully saturated rings. The third-order valence-electron chi connectivity index (χ3n) is 2.81. The molecule has 1 heterocycles. The molecule has 2 rings (SSSR count). The van der Waals surface area contributed by atoms with Gasteiger partial charge in [0.15, 0.2) is 0 Å². The molecular weight excluding hydrogens is 254 g/mol. The molecule has 0 aliphatic heterocycles. The Balaban J connectivity index is 2.09. The fourth-order valence-corrected chi connectivity index (χ4v) is 1.85. The highest BCUT2D eigenvalue weighted by atomic mass is 16.5. The van der Waals surface area contributed by atoms with Crippen LogP contribution in [0, 0.1) is 0 Å². The van der Waals surface area contributed by atoms with Crippen LogP contribution in [0.5, 0.6) is 0 Å². The Kier molecular flexibility index (Phi) is 4.90. The van der Waals surface area contributed by atoms with E-state index in [1.54, 1.807) is 6.08 Å². The molecule has 1 atom stereocenters. The van der Waals surface area contributed by atoms with E-state index >= 15 is 0 Å². The molecule has 2 aromatic rings. The zero-order chi connectivity index (χ0) is 14.4. The largest absolute Gasteiger partial charge is 0.399 e. The van der Waals surface area contributed by atoms with Gasteiger partial charge in [-0.2, -0.15) is 4.98 Å². The highest BCUT2D eigenvalue weighted by Gasteiger charge is 2.15. The fourth-order valence-electron chi connectivity index (χ4n) is 1.85. The van der Waals surface area contributed by atoms with Crippen molar-refractivity contribution in [2.24, 2.45) is 0 Å². The van der Waals surface area contributed by atoms with Gasteiger partial charge in [0.2, 0.25) is 5.82 Å². The number of aromatic nitrogens is 2. The van der Waals surface area contributed by atoms with Gasteiger partial charge in [-0.25, -0.2) is 0 Å². The minimum absolute atomic E-state index is 0.113. The van der Waals surface area contributed by atoms with Gasteiger partial charge in [-0.1, -0.05) is 24.2 Å². The van der Waals surface area contributed by atoms with Crippen molar-refractivity contribution in [3.05, 3.63) is 41.5 Å². The predicted octanol–water partition coefficient (Wildman–Crippen LogP) is 3.31. The van der Waals surface area contributed by atoms with Crippen molar-refractivity contribution < 1.29 is 9.26 Å². The Labute approximate surface area is 118 Å². The molecule has 0 saturated carbocycles. The molecule has 5 nitrogen and oxygen atoms in total. The molecule has 1 aromatic carbocycles. The Bertz CT molecular complexity index is 578. The summed E-state index contributed by atoms with van der Waals surface area (Å²) in [5.74, 6) is 1.04. The van der Waals surface area contributed by atoms with Crippen LogP contribution >= 0.6 is 0 Å². The van der Waals surface area contributed by atoms with Gasteiger partial charge < -0.3 is 15.0 Å². The second-order valence-corrected chi connectivity index (χ2v) is 4.35. The normalized spacial score (nSPS) is 12.9. The molecule has 5 heteroatoms. The third-order valence-corrected chi connectivity index (χ3v) is 2.81. The number of nitrogens with zero attached hydrogens (tertiary/aromatic N) is 2. The van der Waals surface area contributed by atoms with Gasteiger partial charge in [0.05, 0.1) is 0 Å². The molecule has 0 saturated heterocycles. The summed E-state index contributed by atoms with van der Waals surface area (Å²) < 4.78 is 10.7. The van der Waals surface area contributed by atoms with Gasteiger partial charge in [-0.3, -0.25) is 0 Å². The standard InChI is InChI=1S/C15H19N3O2/c1-3-13(19-4-2)15-17-14(20-18-15)9-8-11-6-5-7-12(16)10-11/h5-10,13H,3-4,16H2,1-2H3/b9-8+. The maximum atomic E-state index is 5.72. The first-order valence-electron chi connectivity index (χ1n) is 6.71. The van der Waals surface area contributed by atoms with Gasteiger partial charge in [0.1, 0.15) is 6.10 Å². The molecule has 0 bridgehead atoms. The van der Waals surface area contributed by atoms with Crippen LogP contribution in [-0.2, 0) is 4.74 Å². The van der Waals surface area contributed by atoms with Crippen LogP contribution in [-0.4, -0.2) is 16.7 Å². The maximum Gasteiger partial charge on any atom is 0.250 e. The minimum Gasteiger partial charge on any atom is -0.399 e. The average Bonchev–Trinajstić information content (AvgIpc) is 2.91. The Morgan fingerprint density at radius 3 is 2.90 bits per heavy atom. The van der Waals surface area contributed by atoms with Crippen molar-refractivity contribution in [3.63, 3.8) is 0 Å². The van der Waals surface area contributed by atoms with Crippen molar-refractivity contribution in [2.75, 3.05) is 12.3 Å². The monoisotopic (exact) mass is 273 g/mol. The van der Waals surface area contributed by atoms with Gasteiger partial charge >= 0.3 is 0 Å². The van der Waals surface area contributed by atoms with Gasteiger partial charge in [-0.15, -0.1) is 0 Å². The van der Waals surface area contributed by atoms with E-state index in [9.17, 15) is 0 Å². The number of rotatable bonds is 6. The van der Waals surface area contributed by atoms with Crippen molar-refractivity contribution in [2.45, 2.75) is 26.4 Å². The highest BCUT2D eigenvalue weighted by molar-refractivity contribution is 5.67. The lowest BCUT2D eigenvalue weighted by molar-refractivity contribution is 0.0518. The van der Waals surface area contributed by atoms with E-state index in [2.05, 4.69) is 10.1 Å². The molecule has 2 N–H and O–H groups in total. The summed E-state index contributed by atoms with van der Waals surface area (Å²) in [7, 11) is 0. The number of hydrogen-bond acceptors (Lipinski definition) is 5. The van der Waals surface area contributed by atoms with E-state index in [1.807, 2.05) is 44.2 Å². The van der Waals surface area contributed by atoms with Crippen molar-refractivity contribution in [1.29, 1.82) is 0 Å². The van der Waals surface area contributed by atoms with E-state index in [4.69, 9.17) is 15.0 Å². The van der Waals surface area contributed by atoms with Gasteiger partial charge in [0, 0.05) is 18.4 Å². The molecule has 0 aliphatic carbocycles. The molecule has 0 amide bonds. The number of nitrogens with two attached hydrogens (primary N) is 1. The second-order valence-electron chi connectivity index (χ2n) is 4.35. The SMILES string of the molecule is CCOC(CC)c1noc(/C=C/c2cccc(N)c2)n1. The summed E-state index contributed by atoms with van der Waals surface area (Å²) >= 11 is 0. The van der Waals surface area contributed by atoms with E-state index < -0.39 is 0 Å². The van der Waals surface area contributed by atoms with E-state index in [0.29, 0.717) is 18.3 Å². The van der Waals surface area contributed by atoms with Crippen LogP contribution < -0.4 is 5.73 Å². The molecule has 1 aromatic heterocycles. The Morgan fingerprint density at radius 2 is 2.20 bits per heavy atom. The van der Waals surface area contributed by atoms with E-state index in [0.717, 1.165) is 17.7 Å². The molecular formula is C15H19N3O2. The maximum absolute atomic E-state index is 5.72. The third kappa shape index (κ3) is 3.68. The summed E-state index contributed by atoms with van der Waals surface area (Å²) in [5, 5.41) is 3.95. The van der Waals surface area contributed by atoms with E-state index in [-0.39, 0.29) is 6.10 Å². The van der Waals surface area contributed by atoms with Crippen LogP contribution in [0.25, 0.3) is 12.2 Å². The van der Waals surface area contributed by atoms with Crippen LogP contribution in [0.2, 0.25) is 0 Å². The quantitative estimate of drug-likeness (QED) is 0.817. The fraction of sp³-hybridized carbons (Fsp3) is 0.333.